The van der Waals surface area contributed by atoms with Gasteiger partial charge in [-0.3, -0.25) is 14.6 Å². The van der Waals surface area contributed by atoms with Gasteiger partial charge in [0.25, 0.3) is 5.91 Å². The van der Waals surface area contributed by atoms with Gasteiger partial charge in [0.05, 0.1) is 6.04 Å². The fourth-order valence-corrected chi connectivity index (χ4v) is 3.19. The number of nitrogens with zero attached hydrogens (tertiary/aromatic N) is 3. The van der Waals surface area contributed by atoms with Crippen LogP contribution in [0.1, 0.15) is 23.7 Å². The lowest BCUT2D eigenvalue weighted by Crippen LogP contribution is -2.56. The molecule has 0 radical (unpaired) electrons. The molecule has 1 aromatic heterocycles. The fourth-order valence-electron chi connectivity index (χ4n) is 3.19. The van der Waals surface area contributed by atoms with Crippen molar-refractivity contribution in [3.05, 3.63) is 42.2 Å². The van der Waals surface area contributed by atoms with Crippen LogP contribution in [0.3, 0.4) is 0 Å². The lowest BCUT2D eigenvalue weighted by atomic mass is 10.0. The number of aliphatic hydroxyl groups excluding tert-OH is 1. The van der Waals surface area contributed by atoms with Crippen LogP contribution in [0.5, 0.6) is 0 Å². The van der Waals surface area contributed by atoms with E-state index in [2.05, 4.69) is 4.98 Å². The van der Waals surface area contributed by atoms with E-state index in [9.17, 15) is 14.7 Å². The Morgan fingerprint density at radius 1 is 1.25 bits per heavy atom. The molecule has 1 N–H and O–H groups in total. The van der Waals surface area contributed by atoms with E-state index in [4.69, 9.17) is 0 Å². The average molecular weight is 327 g/mol. The Labute approximate surface area is 140 Å². The van der Waals surface area contributed by atoms with Crippen LogP contribution < -0.4 is 0 Å². The van der Waals surface area contributed by atoms with Crippen molar-refractivity contribution in [2.24, 2.45) is 0 Å². The summed E-state index contributed by atoms with van der Waals surface area (Å²) in [6.07, 6.45) is 3.94. The first kappa shape index (κ1) is 16.4. The summed E-state index contributed by atoms with van der Waals surface area (Å²) in [5.74, 6) is -0.0568. The second kappa shape index (κ2) is 6.97. The molecule has 6 heteroatoms. The van der Waals surface area contributed by atoms with Crippen LogP contribution in [0.4, 0.5) is 0 Å². The third kappa shape index (κ3) is 3.23. The summed E-state index contributed by atoms with van der Waals surface area (Å²) in [5.41, 5.74) is 0.618. The second-order valence-electron chi connectivity index (χ2n) is 6.07. The number of carbonyl (C=O) groups excluding carboxylic acids is 2. The summed E-state index contributed by atoms with van der Waals surface area (Å²) >= 11 is 0. The molecule has 1 unspecified atom stereocenters. The highest BCUT2D eigenvalue weighted by Crippen LogP contribution is 2.20. The van der Waals surface area contributed by atoms with E-state index in [0.717, 1.165) is 10.8 Å². The number of hydrogen-bond donors (Lipinski definition) is 1. The highest BCUT2D eigenvalue weighted by molar-refractivity contribution is 5.98. The van der Waals surface area contributed by atoms with Gasteiger partial charge in [-0.05, 0) is 30.0 Å². The first-order valence-electron chi connectivity index (χ1n) is 8.11. The molecule has 2 aromatic rings. The van der Waals surface area contributed by atoms with E-state index < -0.39 is 0 Å². The van der Waals surface area contributed by atoms with Gasteiger partial charge in [-0.2, -0.15) is 0 Å². The molecular weight excluding hydrogens is 306 g/mol. The number of aromatic nitrogens is 1. The van der Waals surface area contributed by atoms with Gasteiger partial charge in [-0.1, -0.05) is 6.07 Å². The van der Waals surface area contributed by atoms with Crippen molar-refractivity contribution in [3.8, 4) is 0 Å². The molecular formula is C18H21N3O3. The molecule has 126 valence electrons. The largest absolute Gasteiger partial charge is 0.396 e. The lowest BCUT2D eigenvalue weighted by molar-refractivity contribution is -0.131. The maximum absolute atomic E-state index is 12.9. The van der Waals surface area contributed by atoms with Crippen LogP contribution in [0, 0.1) is 0 Å². The van der Waals surface area contributed by atoms with Gasteiger partial charge in [0.2, 0.25) is 5.91 Å². The van der Waals surface area contributed by atoms with Crippen molar-refractivity contribution in [2.45, 2.75) is 19.4 Å². The molecule has 1 aliphatic heterocycles. The van der Waals surface area contributed by atoms with E-state index in [1.807, 2.05) is 18.2 Å². The quantitative estimate of drug-likeness (QED) is 0.922. The van der Waals surface area contributed by atoms with Gasteiger partial charge in [0.15, 0.2) is 0 Å². The zero-order chi connectivity index (χ0) is 17.1. The minimum atomic E-state index is -0.159. The molecule has 1 saturated heterocycles. The predicted molar refractivity (Wildman–Crippen MR) is 90.5 cm³/mol. The minimum Gasteiger partial charge on any atom is -0.396 e. The summed E-state index contributed by atoms with van der Waals surface area (Å²) < 4.78 is 0. The number of aliphatic hydroxyl groups is 1. The molecule has 1 aliphatic rings. The molecule has 2 heterocycles. The van der Waals surface area contributed by atoms with Gasteiger partial charge in [-0.25, -0.2) is 0 Å². The Bertz CT molecular complexity index is 762. The van der Waals surface area contributed by atoms with E-state index >= 15 is 0 Å². The number of piperazine rings is 1. The molecule has 1 aromatic carbocycles. The monoisotopic (exact) mass is 327 g/mol. The van der Waals surface area contributed by atoms with Crippen molar-refractivity contribution in [1.82, 2.24) is 14.8 Å². The summed E-state index contributed by atoms with van der Waals surface area (Å²) in [4.78, 5) is 32.1. The SMILES string of the molecule is CC(=O)N1CCN(C(=O)c2ccc3cnccc3c2)C(CCO)C1. The highest BCUT2D eigenvalue weighted by atomic mass is 16.3. The molecule has 0 spiro atoms. The Hall–Kier alpha value is -2.47. The summed E-state index contributed by atoms with van der Waals surface area (Å²) in [5, 5.41) is 11.3. The molecule has 2 amide bonds. The molecule has 1 atom stereocenters. The Morgan fingerprint density at radius 2 is 2.08 bits per heavy atom. The number of pyridine rings is 1. The van der Waals surface area contributed by atoms with Crippen LogP contribution in [0.2, 0.25) is 0 Å². The maximum atomic E-state index is 12.9. The number of carbonyl (C=O) groups is 2. The van der Waals surface area contributed by atoms with Crippen molar-refractivity contribution in [1.29, 1.82) is 0 Å². The van der Waals surface area contributed by atoms with Crippen LogP contribution in [0.25, 0.3) is 10.8 Å². The van der Waals surface area contributed by atoms with Gasteiger partial charge in [-0.15, -0.1) is 0 Å². The van der Waals surface area contributed by atoms with Crippen molar-refractivity contribution < 1.29 is 14.7 Å². The third-order valence-corrected chi connectivity index (χ3v) is 4.54. The lowest BCUT2D eigenvalue weighted by Gasteiger charge is -2.41. The number of rotatable bonds is 3. The second-order valence-corrected chi connectivity index (χ2v) is 6.07. The summed E-state index contributed by atoms with van der Waals surface area (Å²) in [7, 11) is 0. The average Bonchev–Trinajstić information content (AvgIpc) is 2.61. The number of hydrogen-bond acceptors (Lipinski definition) is 4. The van der Waals surface area contributed by atoms with E-state index in [1.54, 1.807) is 28.3 Å². The highest BCUT2D eigenvalue weighted by Gasteiger charge is 2.31. The summed E-state index contributed by atoms with van der Waals surface area (Å²) in [6, 6.07) is 7.29. The van der Waals surface area contributed by atoms with E-state index in [-0.39, 0.29) is 24.5 Å². The van der Waals surface area contributed by atoms with Crippen LogP contribution >= 0.6 is 0 Å². The van der Waals surface area contributed by atoms with Crippen molar-refractivity contribution >= 4 is 22.6 Å². The Morgan fingerprint density at radius 3 is 2.83 bits per heavy atom. The number of benzene rings is 1. The first-order chi connectivity index (χ1) is 11.6. The minimum absolute atomic E-state index is 0.00300. The van der Waals surface area contributed by atoms with Gasteiger partial charge in [0.1, 0.15) is 0 Å². The normalized spacial score (nSPS) is 18.0. The third-order valence-electron chi connectivity index (χ3n) is 4.54. The van der Waals surface area contributed by atoms with Crippen molar-refractivity contribution in [2.75, 3.05) is 26.2 Å². The Kier molecular flexibility index (Phi) is 4.76. The van der Waals surface area contributed by atoms with Crippen LogP contribution in [-0.2, 0) is 4.79 Å². The zero-order valence-corrected chi connectivity index (χ0v) is 13.7. The van der Waals surface area contributed by atoms with Gasteiger partial charge in [0, 0.05) is 56.5 Å². The zero-order valence-electron chi connectivity index (χ0n) is 13.7. The Balaban J connectivity index is 1.84. The summed E-state index contributed by atoms with van der Waals surface area (Å²) in [6.45, 7) is 3.01. The molecule has 0 bridgehead atoms. The molecule has 0 saturated carbocycles. The molecule has 3 rings (SSSR count). The number of amides is 2. The topological polar surface area (TPSA) is 73.7 Å². The molecule has 6 nitrogen and oxygen atoms in total. The number of fused-ring (bicyclic) bond motifs is 1. The molecule has 1 fully saturated rings. The molecule has 24 heavy (non-hydrogen) atoms. The van der Waals surface area contributed by atoms with Gasteiger partial charge < -0.3 is 14.9 Å². The van der Waals surface area contributed by atoms with Crippen LogP contribution in [0.15, 0.2) is 36.7 Å². The predicted octanol–water partition coefficient (Wildman–Crippen LogP) is 1.29. The first-order valence-corrected chi connectivity index (χ1v) is 8.11. The standard InChI is InChI=1S/C18H21N3O3/c1-13(23)20-7-8-21(17(12-20)5-9-22)18(24)15-2-3-16-11-19-6-4-14(16)10-15/h2-4,6,10-11,17,22H,5,7-9,12H2,1H3. The van der Waals surface area contributed by atoms with Gasteiger partial charge >= 0.3 is 0 Å². The van der Waals surface area contributed by atoms with E-state index in [1.165, 1.54) is 6.92 Å². The maximum Gasteiger partial charge on any atom is 0.254 e. The van der Waals surface area contributed by atoms with Crippen molar-refractivity contribution in [3.63, 3.8) is 0 Å². The molecule has 0 aliphatic carbocycles. The fraction of sp³-hybridized carbons (Fsp3) is 0.389. The smallest absolute Gasteiger partial charge is 0.254 e. The van der Waals surface area contributed by atoms with Crippen LogP contribution in [-0.4, -0.2) is 64.0 Å². The van der Waals surface area contributed by atoms with E-state index in [0.29, 0.717) is 31.6 Å².